The van der Waals surface area contributed by atoms with Gasteiger partial charge in [0.2, 0.25) is 0 Å². The van der Waals surface area contributed by atoms with E-state index in [1.54, 1.807) is 11.3 Å². The van der Waals surface area contributed by atoms with E-state index in [9.17, 15) is 0 Å². The van der Waals surface area contributed by atoms with Gasteiger partial charge in [0.25, 0.3) is 0 Å². The van der Waals surface area contributed by atoms with E-state index in [-0.39, 0.29) is 6.04 Å². The van der Waals surface area contributed by atoms with Gasteiger partial charge in [0, 0.05) is 10.9 Å². The van der Waals surface area contributed by atoms with Crippen molar-refractivity contribution in [2.24, 2.45) is 5.73 Å². The molecule has 3 heteroatoms. The Morgan fingerprint density at radius 2 is 1.95 bits per heavy atom. The van der Waals surface area contributed by atoms with Gasteiger partial charge in [0.15, 0.2) is 0 Å². The summed E-state index contributed by atoms with van der Waals surface area (Å²) in [5.41, 5.74) is 9.73. The molecule has 2 rings (SSSR count). The van der Waals surface area contributed by atoms with Gasteiger partial charge in [-0.1, -0.05) is 25.1 Å². The summed E-state index contributed by atoms with van der Waals surface area (Å²) < 4.78 is 5.98. The van der Waals surface area contributed by atoms with Gasteiger partial charge in [0.05, 0.1) is 0 Å². The number of rotatable bonds is 6. The number of benzene rings is 1. The van der Waals surface area contributed by atoms with E-state index in [2.05, 4.69) is 50.4 Å². The van der Waals surface area contributed by atoms with Crippen molar-refractivity contribution in [2.75, 3.05) is 0 Å². The molecule has 1 aromatic carbocycles. The van der Waals surface area contributed by atoms with E-state index in [1.165, 1.54) is 21.6 Å². The van der Waals surface area contributed by atoms with Gasteiger partial charge in [-0.15, -0.1) is 11.3 Å². The van der Waals surface area contributed by atoms with Crippen molar-refractivity contribution >= 4 is 11.3 Å². The summed E-state index contributed by atoms with van der Waals surface area (Å²) in [6.45, 7) is 6.99. The van der Waals surface area contributed by atoms with E-state index < -0.39 is 0 Å². The molecule has 1 unspecified atom stereocenters. The third-order valence-corrected chi connectivity index (χ3v) is 4.33. The van der Waals surface area contributed by atoms with Crippen LogP contribution in [0.1, 0.15) is 34.9 Å². The highest BCUT2D eigenvalue weighted by Crippen LogP contribution is 2.27. The molecule has 0 spiro atoms. The first-order valence-corrected chi connectivity index (χ1v) is 7.99. The van der Waals surface area contributed by atoms with Gasteiger partial charge >= 0.3 is 0 Å². The molecule has 0 bridgehead atoms. The molecule has 0 fully saturated rings. The van der Waals surface area contributed by atoms with E-state index in [4.69, 9.17) is 10.5 Å². The van der Waals surface area contributed by atoms with Crippen LogP contribution in [0.5, 0.6) is 5.75 Å². The Kier molecular flexibility index (Phi) is 5.21. The first-order valence-electron chi connectivity index (χ1n) is 7.11. The molecule has 0 aliphatic heterocycles. The minimum Gasteiger partial charge on any atom is -0.488 e. The second-order valence-corrected chi connectivity index (χ2v) is 6.33. The molecule has 108 valence electrons. The molecule has 1 atom stereocenters. The number of ether oxygens (including phenoxy) is 1. The first kappa shape index (κ1) is 15.1. The lowest BCUT2D eigenvalue weighted by molar-refractivity contribution is 0.305. The van der Waals surface area contributed by atoms with Crippen LogP contribution in [-0.2, 0) is 13.0 Å². The maximum absolute atomic E-state index is 6.04. The molecule has 0 saturated carbocycles. The molecular weight excluding hydrogens is 266 g/mol. The van der Waals surface area contributed by atoms with Crippen LogP contribution < -0.4 is 10.5 Å². The monoisotopic (exact) mass is 289 g/mol. The van der Waals surface area contributed by atoms with Gasteiger partial charge in [-0.05, 0) is 54.8 Å². The maximum atomic E-state index is 6.04. The van der Waals surface area contributed by atoms with Crippen LogP contribution in [-0.4, -0.2) is 6.04 Å². The molecule has 1 heterocycles. The summed E-state index contributed by atoms with van der Waals surface area (Å²) in [7, 11) is 0. The zero-order valence-electron chi connectivity index (χ0n) is 12.5. The molecule has 20 heavy (non-hydrogen) atoms. The van der Waals surface area contributed by atoms with Crippen LogP contribution in [0.4, 0.5) is 0 Å². The molecule has 0 aliphatic carbocycles. The van der Waals surface area contributed by atoms with Gasteiger partial charge in [-0.2, -0.15) is 0 Å². The summed E-state index contributed by atoms with van der Waals surface area (Å²) in [6, 6.07) is 8.80. The Morgan fingerprint density at radius 1 is 1.25 bits per heavy atom. The van der Waals surface area contributed by atoms with Crippen molar-refractivity contribution < 1.29 is 4.74 Å². The van der Waals surface area contributed by atoms with Gasteiger partial charge in [0.1, 0.15) is 12.4 Å². The number of hydrogen-bond donors (Lipinski definition) is 1. The van der Waals surface area contributed by atoms with Crippen LogP contribution in [0.25, 0.3) is 0 Å². The predicted octanol–water partition coefficient (Wildman–Crippen LogP) is 4.22. The lowest BCUT2D eigenvalue weighted by atomic mass is 9.99. The average Bonchev–Trinajstić information content (AvgIpc) is 2.90. The fraction of sp³-hybridized carbons (Fsp3) is 0.412. The van der Waals surface area contributed by atoms with Crippen molar-refractivity contribution in [3.8, 4) is 5.75 Å². The topological polar surface area (TPSA) is 35.2 Å². The summed E-state index contributed by atoms with van der Waals surface area (Å²) in [5.74, 6) is 1.01. The molecule has 0 radical (unpaired) electrons. The third-order valence-electron chi connectivity index (χ3n) is 3.48. The Hall–Kier alpha value is -1.32. The molecule has 0 aliphatic rings. The normalized spacial score (nSPS) is 12.4. The zero-order valence-corrected chi connectivity index (χ0v) is 13.3. The van der Waals surface area contributed by atoms with E-state index >= 15 is 0 Å². The van der Waals surface area contributed by atoms with Crippen molar-refractivity contribution in [3.63, 3.8) is 0 Å². The summed E-state index contributed by atoms with van der Waals surface area (Å²) in [4.78, 5) is 1.25. The molecule has 2 N–H and O–H groups in total. The summed E-state index contributed by atoms with van der Waals surface area (Å²) in [5, 5.41) is 2.08. The summed E-state index contributed by atoms with van der Waals surface area (Å²) >= 11 is 1.73. The maximum Gasteiger partial charge on any atom is 0.125 e. The van der Waals surface area contributed by atoms with Crippen molar-refractivity contribution in [1.29, 1.82) is 0 Å². The zero-order chi connectivity index (χ0) is 14.5. The fourth-order valence-corrected chi connectivity index (χ4v) is 2.99. The smallest absolute Gasteiger partial charge is 0.125 e. The number of hydrogen-bond acceptors (Lipinski definition) is 3. The molecule has 0 saturated heterocycles. The number of nitrogens with two attached hydrogens (primary N) is 1. The Balaban J connectivity index is 2.10. The quantitative estimate of drug-likeness (QED) is 0.864. The van der Waals surface area contributed by atoms with Crippen molar-refractivity contribution in [3.05, 3.63) is 51.2 Å². The first-order chi connectivity index (χ1) is 9.60. The van der Waals surface area contributed by atoms with E-state index in [0.29, 0.717) is 6.61 Å². The van der Waals surface area contributed by atoms with Gasteiger partial charge in [-0.3, -0.25) is 0 Å². The second-order valence-electron chi connectivity index (χ2n) is 5.30. The lowest BCUT2D eigenvalue weighted by Gasteiger charge is -2.15. The second kappa shape index (κ2) is 6.91. The fourth-order valence-electron chi connectivity index (χ4n) is 2.37. The van der Waals surface area contributed by atoms with Crippen LogP contribution in [0.15, 0.2) is 29.6 Å². The van der Waals surface area contributed by atoms with Crippen LogP contribution >= 0.6 is 11.3 Å². The Labute approximate surface area is 125 Å². The molecule has 2 nitrogen and oxygen atoms in total. The SMILES string of the molecule is CCC(N)Cc1cc(C)c(OCc2cccs2)c(C)c1. The minimum atomic E-state index is 0.242. The van der Waals surface area contributed by atoms with Crippen molar-refractivity contribution in [1.82, 2.24) is 0 Å². The third kappa shape index (κ3) is 3.84. The highest BCUT2D eigenvalue weighted by Gasteiger charge is 2.09. The molecular formula is C17H23NOS. The number of aryl methyl sites for hydroxylation is 2. The van der Waals surface area contributed by atoms with Crippen LogP contribution in [0.3, 0.4) is 0 Å². The highest BCUT2D eigenvalue weighted by atomic mass is 32.1. The van der Waals surface area contributed by atoms with E-state index in [1.807, 2.05) is 0 Å². The summed E-state index contributed by atoms with van der Waals surface area (Å²) in [6.07, 6.45) is 1.94. The lowest BCUT2D eigenvalue weighted by Crippen LogP contribution is -2.21. The predicted molar refractivity (Wildman–Crippen MR) is 86.5 cm³/mol. The largest absolute Gasteiger partial charge is 0.488 e. The standard InChI is InChI=1S/C17H23NOS/c1-4-15(18)10-14-8-12(2)17(13(3)9-14)19-11-16-6-5-7-20-16/h5-9,15H,4,10-11,18H2,1-3H3. The van der Waals surface area contributed by atoms with Gasteiger partial charge < -0.3 is 10.5 Å². The Bertz CT molecular complexity index is 525. The van der Waals surface area contributed by atoms with Crippen molar-refractivity contribution in [2.45, 2.75) is 46.3 Å². The minimum absolute atomic E-state index is 0.242. The Morgan fingerprint density at radius 3 is 2.50 bits per heavy atom. The molecule has 1 aromatic heterocycles. The van der Waals surface area contributed by atoms with Crippen LogP contribution in [0, 0.1) is 13.8 Å². The van der Waals surface area contributed by atoms with E-state index in [0.717, 1.165) is 18.6 Å². The molecule has 0 amide bonds. The average molecular weight is 289 g/mol. The van der Waals surface area contributed by atoms with Crippen LogP contribution in [0.2, 0.25) is 0 Å². The van der Waals surface area contributed by atoms with Gasteiger partial charge in [-0.25, -0.2) is 0 Å². The number of thiophene rings is 1. The molecule has 2 aromatic rings. The highest BCUT2D eigenvalue weighted by molar-refractivity contribution is 7.09.